The smallest absolute Gasteiger partial charge is 0.133 e. The average Bonchev–Trinajstić information content (AvgIpc) is 2.05. The van der Waals surface area contributed by atoms with Crippen molar-refractivity contribution in [3.8, 4) is 5.75 Å². The molecule has 3 nitrogen and oxygen atoms in total. The summed E-state index contributed by atoms with van der Waals surface area (Å²) in [6.07, 6.45) is 0. The minimum absolute atomic E-state index is 0.326. The molecule has 0 spiro atoms. The van der Waals surface area contributed by atoms with Gasteiger partial charge in [0.1, 0.15) is 12.4 Å². The van der Waals surface area contributed by atoms with E-state index in [1.165, 1.54) is 0 Å². The zero-order valence-electron chi connectivity index (χ0n) is 7.00. The standard InChI is InChI=1S/C9H10BrNO2/c10-8-3-1-2-4-9(8)12-5-7-6-13-11-7/h1-4,7,11H,5-6H2. The van der Waals surface area contributed by atoms with E-state index < -0.39 is 0 Å². The first-order valence-corrected chi connectivity index (χ1v) is 4.90. The van der Waals surface area contributed by atoms with Crippen molar-refractivity contribution in [1.82, 2.24) is 5.48 Å². The lowest BCUT2D eigenvalue weighted by atomic mass is 10.3. The second-order valence-electron chi connectivity index (χ2n) is 2.87. The topological polar surface area (TPSA) is 30.5 Å². The van der Waals surface area contributed by atoms with Crippen LogP contribution in [0, 0.1) is 0 Å². The van der Waals surface area contributed by atoms with Gasteiger partial charge in [-0.2, -0.15) is 5.48 Å². The van der Waals surface area contributed by atoms with Crippen LogP contribution in [0.1, 0.15) is 0 Å². The molecular formula is C9H10BrNO2. The molecule has 1 N–H and O–H groups in total. The predicted molar refractivity (Wildman–Crippen MR) is 52.5 cm³/mol. The maximum atomic E-state index is 5.55. The average molecular weight is 244 g/mol. The summed E-state index contributed by atoms with van der Waals surface area (Å²) in [6, 6.07) is 8.13. The molecule has 1 aromatic carbocycles. The second kappa shape index (κ2) is 4.09. The molecule has 13 heavy (non-hydrogen) atoms. The molecule has 1 fully saturated rings. The van der Waals surface area contributed by atoms with Crippen molar-refractivity contribution >= 4 is 15.9 Å². The highest BCUT2D eigenvalue weighted by molar-refractivity contribution is 9.10. The highest BCUT2D eigenvalue weighted by atomic mass is 79.9. The minimum Gasteiger partial charge on any atom is -0.491 e. The number of nitrogens with one attached hydrogen (secondary N) is 1. The van der Waals surface area contributed by atoms with Crippen LogP contribution in [-0.2, 0) is 4.84 Å². The van der Waals surface area contributed by atoms with Gasteiger partial charge < -0.3 is 4.74 Å². The Bertz CT molecular complexity index is 289. The summed E-state index contributed by atoms with van der Waals surface area (Å²) in [5.74, 6) is 0.871. The molecule has 1 aromatic rings. The molecule has 0 bridgehead atoms. The molecule has 0 saturated carbocycles. The Kier molecular flexibility index (Phi) is 2.83. The summed E-state index contributed by atoms with van der Waals surface area (Å²) < 4.78 is 6.53. The number of halogens is 1. The van der Waals surface area contributed by atoms with Gasteiger partial charge in [0, 0.05) is 0 Å². The van der Waals surface area contributed by atoms with Crippen LogP contribution in [0.3, 0.4) is 0 Å². The minimum atomic E-state index is 0.326. The van der Waals surface area contributed by atoms with Crippen molar-refractivity contribution in [2.24, 2.45) is 0 Å². The van der Waals surface area contributed by atoms with E-state index in [9.17, 15) is 0 Å². The summed E-state index contributed by atoms with van der Waals surface area (Å²) >= 11 is 3.41. The van der Waals surface area contributed by atoms with Crippen LogP contribution < -0.4 is 10.2 Å². The molecule has 70 valence electrons. The van der Waals surface area contributed by atoms with Crippen LogP contribution in [0.5, 0.6) is 5.75 Å². The Morgan fingerprint density at radius 2 is 2.31 bits per heavy atom. The molecule has 1 heterocycles. The van der Waals surface area contributed by atoms with Crippen LogP contribution in [0.15, 0.2) is 28.7 Å². The molecule has 2 rings (SSSR count). The maximum absolute atomic E-state index is 5.55. The molecule has 1 atom stereocenters. The molecule has 0 radical (unpaired) electrons. The summed E-state index contributed by atoms with van der Waals surface area (Å²) in [5, 5.41) is 0. The normalized spacial score (nSPS) is 20.8. The van der Waals surface area contributed by atoms with Crippen LogP contribution in [-0.4, -0.2) is 19.3 Å². The first kappa shape index (κ1) is 8.99. The molecule has 0 aromatic heterocycles. The lowest BCUT2D eigenvalue weighted by molar-refractivity contribution is -0.109. The van der Waals surface area contributed by atoms with Gasteiger partial charge in [0.2, 0.25) is 0 Å². The van der Waals surface area contributed by atoms with E-state index in [1.54, 1.807) is 0 Å². The van der Waals surface area contributed by atoms with Gasteiger partial charge in [-0.25, -0.2) is 0 Å². The highest BCUT2D eigenvalue weighted by Crippen LogP contribution is 2.23. The van der Waals surface area contributed by atoms with E-state index >= 15 is 0 Å². The van der Waals surface area contributed by atoms with Gasteiger partial charge >= 0.3 is 0 Å². The monoisotopic (exact) mass is 243 g/mol. The highest BCUT2D eigenvalue weighted by Gasteiger charge is 2.18. The van der Waals surface area contributed by atoms with E-state index in [0.29, 0.717) is 12.6 Å². The predicted octanol–water partition coefficient (Wildman–Crippen LogP) is 1.73. The summed E-state index contributed by atoms with van der Waals surface area (Å²) in [6.45, 7) is 1.37. The van der Waals surface area contributed by atoms with Crippen molar-refractivity contribution in [3.63, 3.8) is 0 Å². The van der Waals surface area contributed by atoms with E-state index in [1.807, 2.05) is 24.3 Å². The number of benzene rings is 1. The van der Waals surface area contributed by atoms with Crippen LogP contribution in [0.4, 0.5) is 0 Å². The van der Waals surface area contributed by atoms with Gasteiger partial charge in [-0.3, -0.25) is 4.84 Å². The van der Waals surface area contributed by atoms with Crippen LogP contribution >= 0.6 is 15.9 Å². The first-order chi connectivity index (χ1) is 6.36. The number of hydrogen-bond donors (Lipinski definition) is 1. The Morgan fingerprint density at radius 3 is 2.92 bits per heavy atom. The molecule has 1 aliphatic rings. The Morgan fingerprint density at radius 1 is 1.54 bits per heavy atom. The van der Waals surface area contributed by atoms with Crippen molar-refractivity contribution < 1.29 is 9.57 Å². The third-order valence-corrected chi connectivity index (χ3v) is 2.47. The summed E-state index contributed by atoms with van der Waals surface area (Å²) in [5.41, 5.74) is 2.79. The largest absolute Gasteiger partial charge is 0.491 e. The molecular weight excluding hydrogens is 234 g/mol. The zero-order chi connectivity index (χ0) is 9.10. The third-order valence-electron chi connectivity index (χ3n) is 1.81. The third kappa shape index (κ3) is 2.21. The molecule has 0 aliphatic carbocycles. The number of para-hydroxylation sites is 1. The quantitative estimate of drug-likeness (QED) is 0.878. The Hall–Kier alpha value is -0.580. The van der Waals surface area contributed by atoms with Crippen molar-refractivity contribution in [2.75, 3.05) is 13.2 Å². The van der Waals surface area contributed by atoms with E-state index in [-0.39, 0.29) is 0 Å². The first-order valence-electron chi connectivity index (χ1n) is 4.11. The van der Waals surface area contributed by atoms with Gasteiger partial charge in [-0.1, -0.05) is 12.1 Å². The van der Waals surface area contributed by atoms with Crippen molar-refractivity contribution in [3.05, 3.63) is 28.7 Å². The van der Waals surface area contributed by atoms with E-state index in [0.717, 1.165) is 16.8 Å². The molecule has 1 aliphatic heterocycles. The fourth-order valence-electron chi connectivity index (χ4n) is 1.04. The molecule has 4 heteroatoms. The fraction of sp³-hybridized carbons (Fsp3) is 0.333. The fourth-order valence-corrected chi connectivity index (χ4v) is 1.43. The van der Waals surface area contributed by atoms with Crippen molar-refractivity contribution in [2.45, 2.75) is 6.04 Å². The lowest BCUT2D eigenvalue weighted by Gasteiger charge is -2.26. The maximum Gasteiger partial charge on any atom is 0.133 e. The van der Waals surface area contributed by atoms with Gasteiger partial charge in [-0.15, -0.1) is 0 Å². The van der Waals surface area contributed by atoms with Gasteiger partial charge in [-0.05, 0) is 28.1 Å². The molecule has 1 saturated heterocycles. The summed E-state index contributed by atoms with van der Waals surface area (Å²) in [4.78, 5) is 4.81. The van der Waals surface area contributed by atoms with Gasteiger partial charge in [0.25, 0.3) is 0 Å². The molecule has 1 unspecified atom stereocenters. The number of ether oxygens (including phenoxy) is 1. The van der Waals surface area contributed by atoms with Gasteiger partial charge in [0.05, 0.1) is 17.1 Å². The van der Waals surface area contributed by atoms with Crippen LogP contribution in [0.25, 0.3) is 0 Å². The number of rotatable bonds is 3. The second-order valence-corrected chi connectivity index (χ2v) is 3.72. The zero-order valence-corrected chi connectivity index (χ0v) is 8.58. The lowest BCUT2D eigenvalue weighted by Crippen LogP contribution is -2.49. The number of hydrogen-bond acceptors (Lipinski definition) is 3. The Balaban J connectivity index is 1.89. The van der Waals surface area contributed by atoms with E-state index in [2.05, 4.69) is 21.4 Å². The number of hydroxylamine groups is 1. The van der Waals surface area contributed by atoms with Crippen molar-refractivity contribution in [1.29, 1.82) is 0 Å². The van der Waals surface area contributed by atoms with E-state index in [4.69, 9.17) is 9.57 Å². The van der Waals surface area contributed by atoms with Crippen LogP contribution in [0.2, 0.25) is 0 Å². The molecule has 0 amide bonds. The summed E-state index contributed by atoms with van der Waals surface area (Å²) in [7, 11) is 0. The SMILES string of the molecule is Brc1ccccc1OCC1CON1. The van der Waals surface area contributed by atoms with Gasteiger partial charge in [0.15, 0.2) is 0 Å². The Labute approximate surface area is 85.1 Å².